The molecule has 0 nitrogen and oxygen atoms in total. The Morgan fingerprint density at radius 2 is 0.814 bits per heavy atom. The molecule has 204 valence electrons. The number of aryl methyl sites for hydroxylation is 2. The van der Waals surface area contributed by atoms with Crippen molar-refractivity contribution >= 4 is 43.1 Å². The first-order valence-electron chi connectivity index (χ1n) is 15.1. The van der Waals surface area contributed by atoms with Gasteiger partial charge in [0, 0.05) is 0 Å². The lowest BCUT2D eigenvalue weighted by Crippen LogP contribution is -1.94. The Labute approximate surface area is 252 Å². The molecule has 0 aliphatic carbocycles. The second-order valence-corrected chi connectivity index (χ2v) is 12.0. The predicted octanol–water partition coefficient (Wildman–Crippen LogP) is 11.8. The van der Waals surface area contributed by atoms with Crippen LogP contribution in [0.4, 0.5) is 0 Å². The van der Waals surface area contributed by atoms with Gasteiger partial charge in [0.1, 0.15) is 0 Å². The highest BCUT2D eigenvalue weighted by molar-refractivity contribution is 6.21. The Kier molecular flexibility index (Phi) is 6.09. The van der Waals surface area contributed by atoms with Crippen LogP contribution in [-0.2, 0) is 6.42 Å². The molecule has 0 atom stereocenters. The molecule has 8 rings (SSSR count). The molecular formula is C43H32. The summed E-state index contributed by atoms with van der Waals surface area (Å²) in [5.74, 6) is 0. The minimum absolute atomic E-state index is 0.888. The zero-order valence-electron chi connectivity index (χ0n) is 24.6. The van der Waals surface area contributed by atoms with Crippen LogP contribution < -0.4 is 0 Å². The van der Waals surface area contributed by atoms with Gasteiger partial charge in [-0.15, -0.1) is 0 Å². The van der Waals surface area contributed by atoms with E-state index in [-0.39, 0.29) is 0 Å². The van der Waals surface area contributed by atoms with E-state index in [1.54, 1.807) is 0 Å². The van der Waals surface area contributed by atoms with E-state index in [0.717, 1.165) is 6.42 Å². The van der Waals surface area contributed by atoms with Crippen molar-refractivity contribution in [3.05, 3.63) is 168 Å². The quantitative estimate of drug-likeness (QED) is 0.192. The van der Waals surface area contributed by atoms with Crippen LogP contribution in [-0.4, -0.2) is 0 Å². The van der Waals surface area contributed by atoms with Gasteiger partial charge < -0.3 is 0 Å². The van der Waals surface area contributed by atoms with Crippen molar-refractivity contribution in [3.63, 3.8) is 0 Å². The van der Waals surface area contributed by atoms with Crippen molar-refractivity contribution in [1.82, 2.24) is 0 Å². The lowest BCUT2D eigenvalue weighted by molar-refractivity contribution is 1.21. The molecule has 0 amide bonds. The number of fused-ring (bicyclic) bond motifs is 4. The van der Waals surface area contributed by atoms with Crippen LogP contribution in [0.1, 0.15) is 22.3 Å². The molecule has 0 heteroatoms. The van der Waals surface area contributed by atoms with E-state index < -0.39 is 0 Å². The molecule has 0 aliphatic heterocycles. The fourth-order valence-electron chi connectivity index (χ4n) is 6.73. The Morgan fingerprint density at radius 3 is 1.44 bits per heavy atom. The van der Waals surface area contributed by atoms with Gasteiger partial charge in [0.15, 0.2) is 0 Å². The second kappa shape index (κ2) is 10.3. The summed E-state index contributed by atoms with van der Waals surface area (Å²) in [5, 5.41) is 10.4. The molecule has 8 aromatic carbocycles. The summed E-state index contributed by atoms with van der Waals surface area (Å²) >= 11 is 0. The maximum absolute atomic E-state index is 2.44. The molecule has 8 aromatic rings. The molecule has 0 aliphatic rings. The summed E-state index contributed by atoms with van der Waals surface area (Å²) in [6.45, 7) is 4.31. The third-order valence-electron chi connectivity index (χ3n) is 8.95. The Bertz CT molecular complexity index is 2300. The first-order valence-corrected chi connectivity index (χ1v) is 15.1. The highest BCUT2D eigenvalue weighted by Crippen LogP contribution is 2.44. The average Bonchev–Trinajstić information content (AvgIpc) is 3.04. The minimum atomic E-state index is 0.888. The molecule has 0 unspecified atom stereocenters. The summed E-state index contributed by atoms with van der Waals surface area (Å²) in [6.07, 6.45) is 0.888. The van der Waals surface area contributed by atoms with Gasteiger partial charge in [0.05, 0.1) is 0 Å². The van der Waals surface area contributed by atoms with E-state index in [0.29, 0.717) is 0 Å². The van der Waals surface area contributed by atoms with E-state index in [1.165, 1.54) is 87.6 Å². The van der Waals surface area contributed by atoms with Gasteiger partial charge >= 0.3 is 0 Å². The van der Waals surface area contributed by atoms with E-state index in [9.17, 15) is 0 Å². The standard InChI is InChI=1S/C43H32/c1-28-11-17-32(18-12-28)42-38-9-5-6-10-39(38)43(33-19-13-29(2)14-20-33)41-25-31(16-22-40(41)42)23-30-15-21-36-26-34-7-3-4-8-35(34)27-37(36)24-30/h3-22,24-27H,23H2,1-2H3. The van der Waals surface area contributed by atoms with Gasteiger partial charge in [0.2, 0.25) is 0 Å². The molecule has 0 heterocycles. The van der Waals surface area contributed by atoms with Gasteiger partial charge in [-0.25, -0.2) is 0 Å². The van der Waals surface area contributed by atoms with Crippen LogP contribution in [0.5, 0.6) is 0 Å². The molecule has 0 aromatic heterocycles. The molecule has 0 bridgehead atoms. The topological polar surface area (TPSA) is 0 Å². The van der Waals surface area contributed by atoms with E-state index in [1.807, 2.05) is 0 Å². The van der Waals surface area contributed by atoms with Crippen LogP contribution in [0.2, 0.25) is 0 Å². The van der Waals surface area contributed by atoms with Crippen LogP contribution in [0.3, 0.4) is 0 Å². The van der Waals surface area contributed by atoms with Crippen molar-refractivity contribution in [2.75, 3.05) is 0 Å². The molecule has 0 radical (unpaired) electrons. The minimum Gasteiger partial charge on any atom is -0.0616 e. The number of benzene rings is 8. The second-order valence-electron chi connectivity index (χ2n) is 12.0. The summed E-state index contributed by atoms with van der Waals surface area (Å²) < 4.78 is 0. The van der Waals surface area contributed by atoms with Crippen LogP contribution in [0.25, 0.3) is 65.3 Å². The van der Waals surface area contributed by atoms with Crippen molar-refractivity contribution in [3.8, 4) is 22.3 Å². The normalized spacial score (nSPS) is 11.6. The van der Waals surface area contributed by atoms with Gasteiger partial charge in [-0.1, -0.05) is 145 Å². The molecule has 0 saturated heterocycles. The van der Waals surface area contributed by atoms with Crippen LogP contribution >= 0.6 is 0 Å². The summed E-state index contributed by atoms with van der Waals surface area (Å²) in [7, 11) is 0. The zero-order valence-corrected chi connectivity index (χ0v) is 24.6. The highest BCUT2D eigenvalue weighted by Gasteiger charge is 2.17. The Hall–Kier alpha value is -5.20. The smallest absolute Gasteiger partial charge is 0.00253 e. The van der Waals surface area contributed by atoms with E-state index in [4.69, 9.17) is 0 Å². The number of hydrogen-bond acceptors (Lipinski definition) is 0. The lowest BCUT2D eigenvalue weighted by atomic mass is 9.84. The molecule has 0 saturated carbocycles. The van der Waals surface area contributed by atoms with E-state index in [2.05, 4.69) is 159 Å². The van der Waals surface area contributed by atoms with Gasteiger partial charge in [-0.05, 0) is 109 Å². The van der Waals surface area contributed by atoms with Crippen molar-refractivity contribution in [2.45, 2.75) is 20.3 Å². The average molecular weight is 549 g/mol. The third-order valence-corrected chi connectivity index (χ3v) is 8.95. The molecular weight excluding hydrogens is 516 g/mol. The lowest BCUT2D eigenvalue weighted by Gasteiger charge is -2.19. The number of rotatable bonds is 4. The maximum Gasteiger partial charge on any atom is -0.00253 e. The van der Waals surface area contributed by atoms with Gasteiger partial charge in [0.25, 0.3) is 0 Å². The largest absolute Gasteiger partial charge is 0.0616 e. The van der Waals surface area contributed by atoms with Crippen molar-refractivity contribution in [2.24, 2.45) is 0 Å². The Morgan fingerprint density at radius 1 is 0.349 bits per heavy atom. The van der Waals surface area contributed by atoms with Crippen LogP contribution in [0.15, 0.2) is 146 Å². The van der Waals surface area contributed by atoms with Gasteiger partial charge in [-0.3, -0.25) is 0 Å². The van der Waals surface area contributed by atoms with Crippen molar-refractivity contribution in [1.29, 1.82) is 0 Å². The first kappa shape index (κ1) is 25.5. The first-order chi connectivity index (χ1) is 21.1. The van der Waals surface area contributed by atoms with Gasteiger partial charge in [-0.2, -0.15) is 0 Å². The molecule has 43 heavy (non-hydrogen) atoms. The summed E-state index contributed by atoms with van der Waals surface area (Å²) in [5.41, 5.74) is 10.4. The van der Waals surface area contributed by atoms with Crippen molar-refractivity contribution < 1.29 is 0 Å². The Balaban J connectivity index is 1.34. The monoisotopic (exact) mass is 548 g/mol. The zero-order chi connectivity index (χ0) is 28.9. The number of hydrogen-bond donors (Lipinski definition) is 0. The maximum atomic E-state index is 2.44. The summed E-state index contributed by atoms with van der Waals surface area (Å²) in [6, 6.07) is 54.3. The SMILES string of the molecule is Cc1ccc(-c2c3ccccc3c(-c3ccc(C)cc3)c3cc(Cc4ccc5cc6ccccc6cc5c4)ccc23)cc1. The highest BCUT2D eigenvalue weighted by atomic mass is 14.2. The molecule has 0 fully saturated rings. The van der Waals surface area contributed by atoms with Crippen LogP contribution in [0, 0.1) is 13.8 Å². The van der Waals surface area contributed by atoms with E-state index >= 15 is 0 Å². The predicted molar refractivity (Wildman–Crippen MR) is 186 cm³/mol. The fourth-order valence-corrected chi connectivity index (χ4v) is 6.73. The summed E-state index contributed by atoms with van der Waals surface area (Å²) in [4.78, 5) is 0. The third kappa shape index (κ3) is 4.57. The fraction of sp³-hybridized carbons (Fsp3) is 0.0698. The molecule has 0 N–H and O–H groups in total. The molecule has 0 spiro atoms.